The fourth-order valence-electron chi connectivity index (χ4n) is 1.87. The number of aromatic hydroxyl groups is 1. The number of benzene rings is 1. The Hall–Kier alpha value is -1.31. The van der Waals surface area contributed by atoms with Crippen LogP contribution < -0.4 is 4.31 Å². The zero-order chi connectivity index (χ0) is 12.5. The van der Waals surface area contributed by atoms with Gasteiger partial charge >= 0.3 is 10.3 Å². The molecule has 0 radical (unpaired) electrons. The topological polar surface area (TPSA) is 87.1 Å². The Kier molecular flexibility index (Phi) is 3.23. The van der Waals surface area contributed by atoms with Gasteiger partial charge in [-0.15, -0.1) is 0 Å². The molecule has 6 nitrogen and oxygen atoms in total. The molecule has 2 rings (SSSR count). The Morgan fingerprint density at radius 1 is 1.35 bits per heavy atom. The molecule has 1 aliphatic rings. The van der Waals surface area contributed by atoms with Crippen molar-refractivity contribution in [3.8, 4) is 5.75 Å². The van der Waals surface area contributed by atoms with Crippen molar-refractivity contribution in [2.45, 2.75) is 12.5 Å². The summed E-state index contributed by atoms with van der Waals surface area (Å²) in [5.41, 5.74) is 0.0606. The molecule has 0 unspecified atom stereocenters. The van der Waals surface area contributed by atoms with Crippen molar-refractivity contribution < 1.29 is 22.8 Å². The van der Waals surface area contributed by atoms with Gasteiger partial charge in [0, 0.05) is 6.61 Å². The van der Waals surface area contributed by atoms with E-state index in [4.69, 9.17) is 4.74 Å². The summed E-state index contributed by atoms with van der Waals surface area (Å²) in [4.78, 5) is 0. The summed E-state index contributed by atoms with van der Waals surface area (Å²) in [5, 5.41) is 9.65. The molecule has 1 aromatic rings. The van der Waals surface area contributed by atoms with Gasteiger partial charge in [-0.1, -0.05) is 12.1 Å². The van der Waals surface area contributed by atoms with Crippen molar-refractivity contribution in [1.82, 2.24) is 0 Å². The Bertz CT molecular complexity index is 495. The third-order valence-electron chi connectivity index (χ3n) is 2.61. The second-order valence-electron chi connectivity index (χ2n) is 3.78. The lowest BCUT2D eigenvalue weighted by Gasteiger charge is -2.26. The fourth-order valence-corrected chi connectivity index (χ4v) is 2.81. The highest BCUT2D eigenvalue weighted by molar-refractivity contribution is 7.87. The van der Waals surface area contributed by atoms with E-state index in [2.05, 4.69) is 0 Å². The predicted octanol–water partition coefficient (Wildman–Crippen LogP) is 0.790. The van der Waals surface area contributed by atoms with Crippen LogP contribution in [0.25, 0.3) is 0 Å². The number of para-hydroxylation sites is 2. The number of nitrogens with zero attached hydrogens (tertiary/aromatic N) is 1. The van der Waals surface area contributed by atoms with E-state index >= 15 is 0 Å². The van der Waals surface area contributed by atoms with E-state index in [0.29, 0.717) is 13.0 Å². The maximum Gasteiger partial charge on any atom is 0.360 e. The predicted molar refractivity (Wildman–Crippen MR) is 61.4 cm³/mol. The van der Waals surface area contributed by atoms with Crippen LogP contribution in [0.4, 0.5) is 5.69 Å². The van der Waals surface area contributed by atoms with Crippen molar-refractivity contribution in [2.24, 2.45) is 0 Å². The van der Waals surface area contributed by atoms with E-state index in [1.54, 1.807) is 12.1 Å². The maximum absolute atomic E-state index is 11.4. The number of hydrogen-bond acceptors (Lipinski definition) is 4. The van der Waals surface area contributed by atoms with Gasteiger partial charge in [0.05, 0.1) is 18.3 Å². The second-order valence-corrected chi connectivity index (χ2v) is 5.07. The molecular formula is C10H13NO5S. The highest BCUT2D eigenvalue weighted by Gasteiger charge is 2.33. The maximum atomic E-state index is 11.4. The van der Waals surface area contributed by atoms with Crippen molar-refractivity contribution in [3.63, 3.8) is 0 Å². The third kappa shape index (κ3) is 2.51. The van der Waals surface area contributed by atoms with Crippen molar-refractivity contribution in [3.05, 3.63) is 24.3 Å². The first kappa shape index (κ1) is 12.2. The lowest BCUT2D eigenvalue weighted by Crippen LogP contribution is -2.40. The van der Waals surface area contributed by atoms with Gasteiger partial charge in [-0.2, -0.15) is 8.42 Å². The molecule has 0 bridgehead atoms. The molecule has 1 heterocycles. The molecule has 17 heavy (non-hydrogen) atoms. The van der Waals surface area contributed by atoms with Crippen LogP contribution in [0.2, 0.25) is 0 Å². The third-order valence-corrected chi connectivity index (χ3v) is 3.60. The zero-order valence-electron chi connectivity index (χ0n) is 8.98. The molecule has 0 saturated carbocycles. The van der Waals surface area contributed by atoms with E-state index in [1.165, 1.54) is 12.1 Å². The zero-order valence-corrected chi connectivity index (χ0v) is 9.80. The molecule has 1 aromatic carbocycles. The van der Waals surface area contributed by atoms with Gasteiger partial charge in [-0.3, -0.25) is 4.55 Å². The summed E-state index contributed by atoms with van der Waals surface area (Å²) < 4.78 is 37.9. The molecule has 7 heteroatoms. The largest absolute Gasteiger partial charge is 0.506 e. The van der Waals surface area contributed by atoms with Crippen LogP contribution in [0.1, 0.15) is 6.42 Å². The minimum Gasteiger partial charge on any atom is -0.506 e. The normalized spacial score (nSPS) is 20.4. The number of ether oxygens (including phenoxy) is 1. The number of anilines is 1. The van der Waals surface area contributed by atoms with Crippen molar-refractivity contribution >= 4 is 16.0 Å². The number of hydrogen-bond donors (Lipinski definition) is 2. The van der Waals surface area contributed by atoms with Crippen LogP contribution in [0.3, 0.4) is 0 Å². The van der Waals surface area contributed by atoms with E-state index in [9.17, 15) is 18.1 Å². The quantitative estimate of drug-likeness (QED) is 0.784. The van der Waals surface area contributed by atoms with Gasteiger partial charge in [0.1, 0.15) is 5.75 Å². The molecule has 1 saturated heterocycles. The van der Waals surface area contributed by atoms with E-state index < -0.39 is 16.3 Å². The van der Waals surface area contributed by atoms with E-state index in [-0.39, 0.29) is 18.0 Å². The summed E-state index contributed by atoms with van der Waals surface area (Å²) in [6, 6.07) is 5.47. The van der Waals surface area contributed by atoms with Crippen LogP contribution in [-0.4, -0.2) is 37.3 Å². The molecule has 2 N–H and O–H groups in total. The number of phenols is 1. The highest BCUT2D eigenvalue weighted by atomic mass is 32.2. The summed E-state index contributed by atoms with van der Waals surface area (Å²) in [5.74, 6) is -0.197. The minimum absolute atomic E-state index is 0.0606. The Balaban J connectivity index is 2.44. The monoisotopic (exact) mass is 259 g/mol. The van der Waals surface area contributed by atoms with Gasteiger partial charge in [0.15, 0.2) is 0 Å². The summed E-state index contributed by atoms with van der Waals surface area (Å²) in [7, 11) is -4.43. The Labute approximate surface area is 99.3 Å². The standard InChI is InChI=1S/C10H13NO5S/c12-10-4-2-1-3-9(10)11(17(13,14)15)8-5-6-16-7-8/h1-4,8,12H,5-7H2,(H,13,14,15)/t8-/m0/s1. The Morgan fingerprint density at radius 3 is 2.59 bits per heavy atom. The van der Waals surface area contributed by atoms with Gasteiger partial charge < -0.3 is 9.84 Å². The Morgan fingerprint density at radius 2 is 2.06 bits per heavy atom. The van der Waals surface area contributed by atoms with Crippen molar-refractivity contribution in [1.29, 1.82) is 0 Å². The van der Waals surface area contributed by atoms with E-state index in [1.807, 2.05) is 0 Å². The molecule has 1 fully saturated rings. The molecular weight excluding hydrogens is 246 g/mol. The van der Waals surface area contributed by atoms with Crippen LogP contribution in [0.5, 0.6) is 5.75 Å². The van der Waals surface area contributed by atoms with Gasteiger partial charge in [-0.05, 0) is 18.6 Å². The summed E-state index contributed by atoms with van der Waals surface area (Å²) in [6.45, 7) is 0.637. The first-order valence-corrected chi connectivity index (χ1v) is 6.52. The first-order chi connectivity index (χ1) is 8.00. The summed E-state index contributed by atoms with van der Waals surface area (Å²) in [6.07, 6.45) is 0.480. The van der Waals surface area contributed by atoms with Crippen molar-refractivity contribution in [2.75, 3.05) is 17.5 Å². The number of rotatable bonds is 3. The molecule has 94 valence electrons. The molecule has 0 amide bonds. The molecule has 0 aliphatic carbocycles. The van der Waals surface area contributed by atoms with E-state index in [0.717, 1.165) is 4.31 Å². The molecule has 1 aliphatic heterocycles. The van der Waals surface area contributed by atoms with Gasteiger partial charge in [0.25, 0.3) is 0 Å². The smallest absolute Gasteiger partial charge is 0.360 e. The van der Waals surface area contributed by atoms with Crippen LogP contribution >= 0.6 is 0 Å². The minimum atomic E-state index is -4.43. The molecule has 0 spiro atoms. The average Bonchev–Trinajstić information content (AvgIpc) is 2.72. The summed E-state index contributed by atoms with van der Waals surface area (Å²) >= 11 is 0. The number of phenolic OH excluding ortho intramolecular Hbond substituents is 1. The van der Waals surface area contributed by atoms with Crippen LogP contribution in [-0.2, 0) is 15.0 Å². The molecule has 0 aromatic heterocycles. The van der Waals surface area contributed by atoms with Gasteiger partial charge in [-0.25, -0.2) is 4.31 Å². The molecule has 1 atom stereocenters. The average molecular weight is 259 g/mol. The van der Waals surface area contributed by atoms with Crippen LogP contribution in [0.15, 0.2) is 24.3 Å². The highest BCUT2D eigenvalue weighted by Crippen LogP contribution is 2.32. The first-order valence-electron chi connectivity index (χ1n) is 5.13. The van der Waals surface area contributed by atoms with Crippen LogP contribution in [0, 0.1) is 0 Å². The second kappa shape index (κ2) is 4.52. The van der Waals surface area contributed by atoms with Gasteiger partial charge in [0.2, 0.25) is 0 Å². The SMILES string of the molecule is O=S(=O)(O)N(c1ccccc1O)[C@H]1CCOC1. The fraction of sp³-hybridized carbons (Fsp3) is 0.400. The lowest BCUT2D eigenvalue weighted by atomic mass is 10.2. The lowest BCUT2D eigenvalue weighted by molar-refractivity contribution is 0.194.